The maximum Gasteiger partial charge on any atom is 0.420 e. The van der Waals surface area contributed by atoms with Crippen LogP contribution in [-0.4, -0.2) is 121 Å². The average molecular weight is 1000 g/mol. The van der Waals surface area contributed by atoms with Crippen molar-refractivity contribution < 1.29 is 50.6 Å². The Morgan fingerprint density at radius 2 is 1.64 bits per heavy atom. The first kappa shape index (κ1) is 48.8. The van der Waals surface area contributed by atoms with Crippen LogP contribution >= 0.6 is 11.3 Å². The molecule has 15 nitrogen and oxygen atoms in total. The fourth-order valence-electron chi connectivity index (χ4n) is 9.29. The van der Waals surface area contributed by atoms with Crippen molar-refractivity contribution in [1.29, 1.82) is 0 Å². The number of carbonyl (C=O) groups excluding carboxylic acids is 3. The highest BCUT2D eigenvalue weighted by Crippen LogP contribution is 2.47. The summed E-state index contributed by atoms with van der Waals surface area (Å²) in [5.74, 6) is -1.14. The van der Waals surface area contributed by atoms with Gasteiger partial charge < -0.3 is 35.0 Å². The number of nitrogens with zero attached hydrogens (tertiary/aromatic N) is 5. The van der Waals surface area contributed by atoms with Gasteiger partial charge in [0.2, 0.25) is 5.95 Å². The zero-order valence-electron chi connectivity index (χ0n) is 38.9. The number of rotatable bonds is 13. The lowest BCUT2D eigenvalue weighted by molar-refractivity contribution is -0.137. The van der Waals surface area contributed by atoms with E-state index in [2.05, 4.69) is 37.6 Å². The SMILES string of the molecule is CC(C)(C)OC(=O)N1CCN(c2ccc(Nc3ncc(C(F)(F)F)c(-c4cc5c(s4)C(=O)N(CCCCNC(=O)OCC4c6ccccc6-c6ccccc64)CCS5(=O)=O)n3)c(C3CC3)c2)CC1CO. The number of fused-ring (bicyclic) bond motifs is 4. The first-order valence-corrected chi connectivity index (χ1v) is 25.8. The molecule has 4 aliphatic rings. The lowest BCUT2D eigenvalue weighted by atomic mass is 9.98. The van der Waals surface area contributed by atoms with Gasteiger partial charge in [0, 0.05) is 62.8 Å². The van der Waals surface area contributed by atoms with Gasteiger partial charge in [-0.15, -0.1) is 11.3 Å². The summed E-state index contributed by atoms with van der Waals surface area (Å²) in [4.78, 5) is 52.2. The first-order valence-electron chi connectivity index (χ1n) is 23.3. The number of carbonyl (C=O) groups is 3. The van der Waals surface area contributed by atoms with E-state index in [1.165, 1.54) is 9.80 Å². The van der Waals surface area contributed by atoms with E-state index in [-0.39, 0.29) is 65.3 Å². The van der Waals surface area contributed by atoms with E-state index < -0.39 is 62.8 Å². The number of benzene rings is 3. The second kappa shape index (κ2) is 19.5. The maximum atomic E-state index is 14.6. The third-order valence-electron chi connectivity index (χ3n) is 12.9. The molecule has 2 aromatic heterocycles. The number of thiophene rings is 1. The molecule has 2 aliphatic carbocycles. The molecule has 70 heavy (non-hydrogen) atoms. The van der Waals surface area contributed by atoms with Crippen LogP contribution in [0, 0.1) is 0 Å². The van der Waals surface area contributed by atoms with E-state index in [1.54, 1.807) is 26.8 Å². The zero-order valence-corrected chi connectivity index (χ0v) is 40.6. The predicted molar refractivity (Wildman–Crippen MR) is 258 cm³/mol. The summed E-state index contributed by atoms with van der Waals surface area (Å²) < 4.78 is 82.3. The number of hydrogen-bond donors (Lipinski definition) is 3. The van der Waals surface area contributed by atoms with Crippen LogP contribution < -0.4 is 15.5 Å². The molecule has 0 radical (unpaired) electrons. The Balaban J connectivity index is 0.858. The highest BCUT2D eigenvalue weighted by atomic mass is 32.2. The van der Waals surface area contributed by atoms with Gasteiger partial charge >= 0.3 is 18.4 Å². The van der Waals surface area contributed by atoms with Crippen LogP contribution in [0.3, 0.4) is 0 Å². The van der Waals surface area contributed by atoms with Crippen molar-refractivity contribution in [2.45, 2.75) is 81.0 Å². The molecule has 4 heterocycles. The highest BCUT2D eigenvalue weighted by Gasteiger charge is 2.40. The molecule has 3 N–H and O–H groups in total. The molecule has 0 bridgehead atoms. The van der Waals surface area contributed by atoms with E-state index in [9.17, 15) is 41.1 Å². The third-order valence-corrected chi connectivity index (χ3v) is 15.9. The van der Waals surface area contributed by atoms with E-state index in [0.29, 0.717) is 55.7 Å². The summed E-state index contributed by atoms with van der Waals surface area (Å²) in [6, 6.07) is 22.3. The summed E-state index contributed by atoms with van der Waals surface area (Å²) >= 11 is 0.641. The quantitative estimate of drug-likeness (QED) is 0.0955. The largest absolute Gasteiger partial charge is 0.449 e. The first-order chi connectivity index (χ1) is 33.4. The van der Waals surface area contributed by atoms with Crippen molar-refractivity contribution in [2.24, 2.45) is 0 Å². The van der Waals surface area contributed by atoms with Crippen LogP contribution in [0.5, 0.6) is 0 Å². The van der Waals surface area contributed by atoms with Gasteiger partial charge in [-0.2, -0.15) is 13.2 Å². The summed E-state index contributed by atoms with van der Waals surface area (Å²) in [5.41, 5.74) is 4.26. The van der Waals surface area contributed by atoms with E-state index in [0.717, 1.165) is 52.4 Å². The van der Waals surface area contributed by atoms with Gasteiger partial charge in [0.25, 0.3) is 5.91 Å². The van der Waals surface area contributed by atoms with Gasteiger partial charge in [-0.05, 0) is 104 Å². The van der Waals surface area contributed by atoms with Gasteiger partial charge in [-0.25, -0.2) is 28.0 Å². The Hall–Kier alpha value is -6.25. The predicted octanol–water partition coefficient (Wildman–Crippen LogP) is 8.81. The lowest BCUT2D eigenvalue weighted by Gasteiger charge is -2.42. The molecular weight excluding hydrogens is 948 g/mol. The van der Waals surface area contributed by atoms with E-state index in [1.807, 2.05) is 48.5 Å². The maximum absolute atomic E-state index is 14.6. The Bertz CT molecular complexity index is 2880. The number of aliphatic hydroxyl groups is 1. The number of aliphatic hydroxyl groups excluding tert-OH is 1. The number of alkyl carbamates (subject to hydrolysis) is 1. The van der Waals surface area contributed by atoms with Crippen molar-refractivity contribution in [3.8, 4) is 21.7 Å². The van der Waals surface area contributed by atoms with Crippen molar-refractivity contribution in [1.82, 2.24) is 25.1 Å². The number of halogens is 3. The van der Waals surface area contributed by atoms with Crippen LogP contribution in [0.15, 0.2) is 83.9 Å². The third kappa shape index (κ3) is 10.4. The monoisotopic (exact) mass is 1000 g/mol. The molecule has 9 rings (SSSR count). The Morgan fingerprint density at radius 3 is 2.31 bits per heavy atom. The van der Waals surface area contributed by atoms with Crippen LogP contribution in [-0.2, 0) is 25.5 Å². The van der Waals surface area contributed by atoms with Gasteiger partial charge in [0.1, 0.15) is 22.6 Å². The van der Waals surface area contributed by atoms with Gasteiger partial charge in [-0.3, -0.25) is 9.69 Å². The average Bonchev–Trinajstić information content (AvgIpc) is 4.00. The van der Waals surface area contributed by atoms with E-state index >= 15 is 0 Å². The summed E-state index contributed by atoms with van der Waals surface area (Å²) in [6.07, 6.45) is -2.73. The van der Waals surface area contributed by atoms with Crippen LogP contribution in [0.25, 0.3) is 21.7 Å². The van der Waals surface area contributed by atoms with E-state index in [4.69, 9.17) is 9.47 Å². The zero-order chi connectivity index (χ0) is 49.5. The molecule has 1 saturated heterocycles. The smallest absolute Gasteiger partial charge is 0.420 e. The molecule has 2 aliphatic heterocycles. The fraction of sp³-hybridized carbons (Fsp3) is 0.420. The van der Waals surface area contributed by atoms with Crippen molar-refractivity contribution in [2.75, 3.05) is 68.5 Å². The minimum absolute atomic E-state index is 0.0969. The minimum Gasteiger partial charge on any atom is -0.449 e. The molecule has 1 atom stereocenters. The fourth-order valence-corrected chi connectivity index (χ4v) is 12.2. The molecule has 5 aromatic rings. The van der Waals surface area contributed by atoms with Gasteiger partial charge in [0.05, 0.1) is 33.9 Å². The topological polar surface area (TPSA) is 184 Å². The van der Waals surface area contributed by atoms with Crippen LogP contribution in [0.2, 0.25) is 0 Å². The number of aromatic nitrogens is 2. The Morgan fingerprint density at radius 1 is 0.929 bits per heavy atom. The van der Waals surface area contributed by atoms with Gasteiger partial charge in [0.15, 0.2) is 9.84 Å². The van der Waals surface area contributed by atoms with Crippen molar-refractivity contribution >= 4 is 56.6 Å². The Labute approximate surface area is 407 Å². The lowest BCUT2D eigenvalue weighted by Crippen LogP contribution is -2.57. The van der Waals surface area contributed by atoms with Crippen molar-refractivity contribution in [3.05, 3.63) is 106 Å². The second-order valence-corrected chi connectivity index (χ2v) is 22.1. The Kier molecular flexibility index (Phi) is 13.6. The van der Waals surface area contributed by atoms with Gasteiger partial charge in [-0.1, -0.05) is 48.5 Å². The van der Waals surface area contributed by atoms with Crippen LogP contribution in [0.4, 0.5) is 40.1 Å². The number of amides is 3. The molecule has 1 unspecified atom stereocenters. The van der Waals surface area contributed by atoms with Crippen LogP contribution in [0.1, 0.15) is 90.2 Å². The van der Waals surface area contributed by atoms with Crippen molar-refractivity contribution in [3.63, 3.8) is 0 Å². The highest BCUT2D eigenvalue weighted by molar-refractivity contribution is 7.91. The molecule has 0 spiro atoms. The molecule has 3 amide bonds. The number of nitrogens with one attached hydrogen (secondary N) is 2. The molecule has 20 heteroatoms. The number of anilines is 3. The number of alkyl halides is 3. The molecule has 370 valence electrons. The number of ether oxygens (including phenoxy) is 2. The molecule has 3 aromatic carbocycles. The normalized spacial score (nSPS) is 17.9. The standard InChI is InChI=1S/C50H54F3N7O8S2/c1-49(2,3)68-48(64)60-21-20-59(27-32(60)28-61)31-16-17-40(37(24-31)30-14-15-30)56-46-55-26-39(50(51,52)53)43(57-46)41-25-42-44(69-41)45(62)58(22-23-70(42,65)66)19-9-8-18-54-47(63)67-29-38-35-12-6-4-10-33(35)34-11-5-7-13-36(34)38/h4-7,10-13,16-17,24-26,30,32,38,61H,8-9,14-15,18-23,27-29H2,1-3H3,(H,54,63)(H,55,56,57). The summed E-state index contributed by atoms with van der Waals surface area (Å²) in [5, 5.41) is 16.1. The number of piperazine rings is 1. The summed E-state index contributed by atoms with van der Waals surface area (Å²) in [7, 11) is -4.09. The minimum atomic E-state index is -4.92. The number of sulfone groups is 1. The molecule has 2 fully saturated rings. The number of hydrogen-bond acceptors (Lipinski definition) is 13. The second-order valence-electron chi connectivity index (χ2n) is 19.0. The summed E-state index contributed by atoms with van der Waals surface area (Å²) in [6.45, 7) is 6.65. The molecular formula is C50H54F3N7O8S2. The number of unbranched alkanes of at least 4 members (excludes halogenated alkanes) is 1. The molecule has 1 saturated carbocycles.